The Hall–Kier alpha value is -1.40. The number of aliphatic carboxylic acids is 1. The largest absolute Gasteiger partial charge is 0.481 e. The van der Waals surface area contributed by atoms with Crippen molar-refractivity contribution >= 4 is 16.0 Å². The van der Waals surface area contributed by atoms with Gasteiger partial charge in [-0.3, -0.25) is 4.79 Å². The van der Waals surface area contributed by atoms with Crippen LogP contribution in [0.1, 0.15) is 36.8 Å². The number of nitrogens with one attached hydrogen (secondary N) is 1. The molecule has 1 aromatic carbocycles. The molecule has 0 amide bonds. The van der Waals surface area contributed by atoms with Crippen LogP contribution in [0.2, 0.25) is 0 Å². The van der Waals surface area contributed by atoms with Crippen LogP contribution in [-0.4, -0.2) is 25.5 Å². The highest BCUT2D eigenvalue weighted by Gasteiger charge is 2.36. The number of carboxylic acids is 1. The normalized spacial score (nSPS) is 25.0. The number of carbonyl (C=O) groups is 1. The molecule has 0 heterocycles. The van der Waals surface area contributed by atoms with Crippen LogP contribution in [-0.2, 0) is 27.7 Å². The van der Waals surface area contributed by atoms with Crippen molar-refractivity contribution < 1.29 is 18.3 Å². The Bertz CT molecular complexity index is 668. The third-order valence-electron chi connectivity index (χ3n) is 4.52. The van der Waals surface area contributed by atoms with Gasteiger partial charge in [-0.05, 0) is 55.4 Å². The van der Waals surface area contributed by atoms with Crippen LogP contribution < -0.4 is 4.72 Å². The van der Waals surface area contributed by atoms with Gasteiger partial charge in [-0.2, -0.15) is 0 Å². The molecule has 6 heteroatoms. The average molecular weight is 309 g/mol. The molecular formula is C15H19NO4S. The van der Waals surface area contributed by atoms with Crippen molar-refractivity contribution in [1.82, 2.24) is 4.72 Å². The minimum atomic E-state index is -3.65. The first-order valence-electron chi connectivity index (χ1n) is 7.34. The van der Waals surface area contributed by atoms with Crippen molar-refractivity contribution in [2.75, 3.05) is 0 Å². The zero-order valence-electron chi connectivity index (χ0n) is 11.7. The molecule has 0 radical (unpaired) electrons. The molecule has 1 saturated carbocycles. The molecule has 114 valence electrons. The standard InChI is InChI=1S/C15H19NO4S/c17-15(18)13-5-2-6-14(13)16-21(19,20)12-8-7-10-3-1-4-11(10)9-12/h7-9,13-14,16H,1-6H2,(H,17,18)/t13-,14+/m1/s1. The summed E-state index contributed by atoms with van der Waals surface area (Å²) in [6, 6.07) is 4.73. The highest BCUT2D eigenvalue weighted by molar-refractivity contribution is 7.89. The molecule has 2 atom stereocenters. The molecule has 0 unspecified atom stereocenters. The number of carboxylic acid groups (broad SMARTS) is 1. The van der Waals surface area contributed by atoms with Gasteiger partial charge in [0.1, 0.15) is 0 Å². The summed E-state index contributed by atoms with van der Waals surface area (Å²) in [5.41, 5.74) is 2.32. The van der Waals surface area contributed by atoms with Gasteiger partial charge in [-0.1, -0.05) is 12.5 Å². The summed E-state index contributed by atoms with van der Waals surface area (Å²) in [4.78, 5) is 11.4. The molecule has 5 nitrogen and oxygen atoms in total. The van der Waals surface area contributed by atoms with Crippen molar-refractivity contribution in [1.29, 1.82) is 0 Å². The van der Waals surface area contributed by atoms with Crippen molar-refractivity contribution in [3.63, 3.8) is 0 Å². The molecule has 0 aromatic heterocycles. The Morgan fingerprint density at radius 2 is 1.90 bits per heavy atom. The average Bonchev–Trinajstić information content (AvgIpc) is 3.05. The Morgan fingerprint density at radius 3 is 2.67 bits per heavy atom. The maximum absolute atomic E-state index is 12.5. The maximum Gasteiger partial charge on any atom is 0.308 e. The van der Waals surface area contributed by atoms with Crippen molar-refractivity contribution in [3.8, 4) is 0 Å². The number of aryl methyl sites for hydroxylation is 2. The smallest absolute Gasteiger partial charge is 0.308 e. The fourth-order valence-electron chi connectivity index (χ4n) is 3.38. The van der Waals surface area contributed by atoms with Crippen LogP contribution in [0.5, 0.6) is 0 Å². The van der Waals surface area contributed by atoms with E-state index >= 15 is 0 Å². The van der Waals surface area contributed by atoms with E-state index < -0.39 is 28.0 Å². The van der Waals surface area contributed by atoms with E-state index in [4.69, 9.17) is 5.11 Å². The Morgan fingerprint density at radius 1 is 1.14 bits per heavy atom. The summed E-state index contributed by atoms with van der Waals surface area (Å²) >= 11 is 0. The Kier molecular flexibility index (Phi) is 3.75. The number of hydrogen-bond donors (Lipinski definition) is 2. The fourth-order valence-corrected chi connectivity index (χ4v) is 4.74. The highest BCUT2D eigenvalue weighted by Crippen LogP contribution is 2.29. The Labute approximate surface area is 124 Å². The number of hydrogen-bond acceptors (Lipinski definition) is 3. The summed E-state index contributed by atoms with van der Waals surface area (Å²) in [7, 11) is -3.65. The molecule has 3 rings (SSSR count). The van der Waals surface area contributed by atoms with Crippen LogP contribution in [0.25, 0.3) is 0 Å². The van der Waals surface area contributed by atoms with E-state index in [9.17, 15) is 13.2 Å². The predicted molar refractivity (Wildman–Crippen MR) is 77.6 cm³/mol. The van der Waals surface area contributed by atoms with Gasteiger partial charge in [0.15, 0.2) is 0 Å². The molecule has 0 bridgehead atoms. The van der Waals surface area contributed by atoms with E-state index in [-0.39, 0.29) is 4.90 Å². The molecule has 2 N–H and O–H groups in total. The van der Waals surface area contributed by atoms with E-state index in [1.165, 1.54) is 5.56 Å². The summed E-state index contributed by atoms with van der Waals surface area (Å²) in [5.74, 6) is -1.54. The van der Waals surface area contributed by atoms with Gasteiger partial charge in [0.2, 0.25) is 10.0 Å². The number of fused-ring (bicyclic) bond motifs is 1. The van der Waals surface area contributed by atoms with Gasteiger partial charge in [-0.15, -0.1) is 0 Å². The van der Waals surface area contributed by atoms with E-state index in [1.54, 1.807) is 12.1 Å². The van der Waals surface area contributed by atoms with Crippen molar-refractivity contribution in [2.24, 2.45) is 5.92 Å². The quantitative estimate of drug-likeness (QED) is 0.887. The third-order valence-corrected chi connectivity index (χ3v) is 6.01. The van der Waals surface area contributed by atoms with Gasteiger partial charge >= 0.3 is 5.97 Å². The topological polar surface area (TPSA) is 83.5 Å². The molecule has 1 fully saturated rings. The minimum Gasteiger partial charge on any atom is -0.481 e. The van der Waals surface area contributed by atoms with Gasteiger partial charge in [0.05, 0.1) is 10.8 Å². The number of sulfonamides is 1. The molecule has 0 aliphatic heterocycles. The van der Waals surface area contributed by atoms with Crippen LogP contribution in [0.3, 0.4) is 0 Å². The second kappa shape index (κ2) is 5.42. The van der Waals surface area contributed by atoms with Crippen LogP contribution >= 0.6 is 0 Å². The second-order valence-electron chi connectivity index (χ2n) is 5.89. The fraction of sp³-hybridized carbons (Fsp3) is 0.533. The first-order chi connectivity index (χ1) is 9.97. The SMILES string of the molecule is O=C(O)[C@@H]1CCC[C@@H]1NS(=O)(=O)c1ccc2c(c1)CCC2. The minimum absolute atomic E-state index is 0.249. The molecular weight excluding hydrogens is 290 g/mol. The zero-order valence-corrected chi connectivity index (χ0v) is 12.5. The maximum atomic E-state index is 12.5. The lowest BCUT2D eigenvalue weighted by atomic mass is 10.1. The Balaban J connectivity index is 1.82. The first-order valence-corrected chi connectivity index (χ1v) is 8.82. The molecule has 2 aliphatic carbocycles. The number of benzene rings is 1. The third kappa shape index (κ3) is 2.82. The van der Waals surface area contributed by atoms with E-state index in [0.29, 0.717) is 12.8 Å². The van der Waals surface area contributed by atoms with Crippen molar-refractivity contribution in [2.45, 2.75) is 49.5 Å². The molecule has 21 heavy (non-hydrogen) atoms. The van der Waals surface area contributed by atoms with Crippen LogP contribution in [0.4, 0.5) is 0 Å². The lowest BCUT2D eigenvalue weighted by Crippen LogP contribution is -2.40. The first kappa shape index (κ1) is 14.5. The summed E-state index contributed by atoms with van der Waals surface area (Å²) in [5, 5.41) is 9.14. The van der Waals surface area contributed by atoms with Gasteiger partial charge in [-0.25, -0.2) is 13.1 Å². The van der Waals surface area contributed by atoms with E-state index in [1.807, 2.05) is 6.07 Å². The summed E-state index contributed by atoms with van der Waals surface area (Å²) in [6.45, 7) is 0. The molecule has 2 aliphatic rings. The molecule has 0 saturated heterocycles. The summed E-state index contributed by atoms with van der Waals surface area (Å²) < 4.78 is 27.5. The van der Waals surface area contributed by atoms with Crippen LogP contribution in [0, 0.1) is 5.92 Å². The highest BCUT2D eigenvalue weighted by atomic mass is 32.2. The van der Waals surface area contributed by atoms with Gasteiger partial charge in [0, 0.05) is 6.04 Å². The summed E-state index contributed by atoms with van der Waals surface area (Å²) in [6.07, 6.45) is 4.85. The lowest BCUT2D eigenvalue weighted by Gasteiger charge is -2.18. The zero-order chi connectivity index (χ0) is 15.0. The predicted octanol–water partition coefficient (Wildman–Crippen LogP) is 1.71. The van der Waals surface area contributed by atoms with Crippen LogP contribution in [0.15, 0.2) is 23.1 Å². The lowest BCUT2D eigenvalue weighted by molar-refractivity contribution is -0.141. The molecule has 0 spiro atoms. The van der Waals surface area contributed by atoms with Gasteiger partial charge < -0.3 is 5.11 Å². The second-order valence-corrected chi connectivity index (χ2v) is 7.60. The number of rotatable bonds is 4. The van der Waals surface area contributed by atoms with Gasteiger partial charge in [0.25, 0.3) is 0 Å². The van der Waals surface area contributed by atoms with Crippen molar-refractivity contribution in [3.05, 3.63) is 29.3 Å². The van der Waals surface area contributed by atoms with E-state index in [2.05, 4.69) is 4.72 Å². The molecule has 1 aromatic rings. The monoisotopic (exact) mass is 309 g/mol. The van der Waals surface area contributed by atoms with E-state index in [0.717, 1.165) is 31.2 Å².